The molecule has 7 heteroatoms. The van der Waals surface area contributed by atoms with Crippen molar-refractivity contribution in [3.05, 3.63) is 18.2 Å². The molecule has 1 aromatic carbocycles. The number of carbonyl (C=O) groups excluding carboxylic acids is 2. The fraction of sp³-hybridized carbons (Fsp3) is 0.600. The van der Waals surface area contributed by atoms with Crippen molar-refractivity contribution < 1.29 is 19.1 Å². The number of nitrogens with one attached hydrogen (secondary N) is 2. The summed E-state index contributed by atoms with van der Waals surface area (Å²) in [6, 6.07) is 4.93. The van der Waals surface area contributed by atoms with Crippen molar-refractivity contribution in [3.63, 3.8) is 0 Å². The Morgan fingerprint density at radius 3 is 2.37 bits per heavy atom. The van der Waals surface area contributed by atoms with E-state index < -0.39 is 5.54 Å². The summed E-state index contributed by atoms with van der Waals surface area (Å²) in [6.45, 7) is 6.23. The van der Waals surface area contributed by atoms with Crippen LogP contribution in [0.5, 0.6) is 11.5 Å². The van der Waals surface area contributed by atoms with Crippen LogP contribution in [-0.4, -0.2) is 48.7 Å². The molecule has 1 fully saturated rings. The highest BCUT2D eigenvalue weighted by molar-refractivity contribution is 5.96. The van der Waals surface area contributed by atoms with E-state index in [0.29, 0.717) is 56.3 Å². The SMILES string of the molecule is CCN(CC)C(=O)C1(NC(=O)Nc2ccc3c(c2)OCCO3)CCCCC1. The average molecular weight is 375 g/mol. The van der Waals surface area contributed by atoms with E-state index in [-0.39, 0.29) is 11.9 Å². The Hall–Kier alpha value is -2.44. The van der Waals surface area contributed by atoms with Gasteiger partial charge in [-0.15, -0.1) is 0 Å². The van der Waals surface area contributed by atoms with Gasteiger partial charge in [0.2, 0.25) is 5.91 Å². The van der Waals surface area contributed by atoms with Crippen LogP contribution in [0.3, 0.4) is 0 Å². The molecule has 7 nitrogen and oxygen atoms in total. The maximum Gasteiger partial charge on any atom is 0.320 e. The summed E-state index contributed by atoms with van der Waals surface area (Å²) in [7, 11) is 0. The van der Waals surface area contributed by atoms with Crippen LogP contribution in [0.4, 0.5) is 10.5 Å². The lowest BCUT2D eigenvalue weighted by Crippen LogP contribution is -2.61. The van der Waals surface area contributed by atoms with E-state index in [0.717, 1.165) is 19.3 Å². The number of amides is 3. The highest BCUT2D eigenvalue weighted by Crippen LogP contribution is 2.33. The number of anilines is 1. The zero-order valence-electron chi connectivity index (χ0n) is 16.2. The number of benzene rings is 1. The minimum Gasteiger partial charge on any atom is -0.486 e. The van der Waals surface area contributed by atoms with Gasteiger partial charge in [-0.3, -0.25) is 4.79 Å². The lowest BCUT2D eigenvalue weighted by Gasteiger charge is -2.39. The molecule has 0 radical (unpaired) electrons. The number of carbonyl (C=O) groups is 2. The normalized spacial score (nSPS) is 17.7. The summed E-state index contributed by atoms with van der Waals surface area (Å²) >= 11 is 0. The van der Waals surface area contributed by atoms with Crippen LogP contribution >= 0.6 is 0 Å². The van der Waals surface area contributed by atoms with Crippen molar-refractivity contribution >= 4 is 17.6 Å². The summed E-state index contributed by atoms with van der Waals surface area (Å²) < 4.78 is 11.1. The molecule has 0 bridgehead atoms. The number of likely N-dealkylation sites (N-methyl/N-ethyl adjacent to an activating group) is 1. The number of fused-ring (bicyclic) bond motifs is 1. The second kappa shape index (κ2) is 8.50. The zero-order valence-corrected chi connectivity index (χ0v) is 16.2. The maximum absolute atomic E-state index is 13.1. The lowest BCUT2D eigenvalue weighted by molar-refractivity contribution is -0.139. The first-order valence-electron chi connectivity index (χ1n) is 9.86. The molecular weight excluding hydrogens is 346 g/mol. The molecule has 3 amide bonds. The summed E-state index contributed by atoms with van der Waals surface area (Å²) in [5.74, 6) is 1.31. The minimum absolute atomic E-state index is 0.0181. The molecule has 1 heterocycles. The highest BCUT2D eigenvalue weighted by atomic mass is 16.6. The third-order valence-electron chi connectivity index (χ3n) is 5.32. The Kier molecular flexibility index (Phi) is 6.08. The van der Waals surface area contributed by atoms with Gasteiger partial charge in [0.05, 0.1) is 0 Å². The standard InChI is InChI=1S/C20H29N3O4/c1-3-23(4-2)18(24)20(10-6-5-7-11-20)22-19(25)21-15-8-9-16-17(14-15)27-13-12-26-16/h8-9,14H,3-7,10-13H2,1-2H3,(H2,21,22,25). The third kappa shape index (κ3) is 4.28. The first-order valence-corrected chi connectivity index (χ1v) is 9.86. The molecule has 1 aromatic rings. The van der Waals surface area contributed by atoms with Gasteiger partial charge in [-0.25, -0.2) is 4.79 Å². The molecule has 2 aliphatic rings. The molecule has 1 aliphatic heterocycles. The van der Waals surface area contributed by atoms with Gasteiger partial charge in [0, 0.05) is 24.8 Å². The van der Waals surface area contributed by atoms with Gasteiger partial charge < -0.3 is 25.0 Å². The largest absolute Gasteiger partial charge is 0.486 e. The van der Waals surface area contributed by atoms with Crippen LogP contribution in [0.25, 0.3) is 0 Å². The fourth-order valence-electron chi connectivity index (χ4n) is 3.86. The van der Waals surface area contributed by atoms with E-state index in [1.807, 2.05) is 13.8 Å². The van der Waals surface area contributed by atoms with Gasteiger partial charge in [0.25, 0.3) is 0 Å². The van der Waals surface area contributed by atoms with Crippen LogP contribution in [0.1, 0.15) is 46.0 Å². The highest BCUT2D eigenvalue weighted by Gasteiger charge is 2.42. The molecule has 0 unspecified atom stereocenters. The van der Waals surface area contributed by atoms with Gasteiger partial charge in [0.1, 0.15) is 18.8 Å². The number of nitrogens with zero attached hydrogens (tertiary/aromatic N) is 1. The maximum atomic E-state index is 13.1. The first-order chi connectivity index (χ1) is 13.1. The molecule has 1 saturated carbocycles. The number of rotatable bonds is 5. The van der Waals surface area contributed by atoms with Crippen LogP contribution in [0, 0.1) is 0 Å². The van der Waals surface area contributed by atoms with E-state index in [1.165, 1.54) is 0 Å². The fourth-order valence-corrected chi connectivity index (χ4v) is 3.86. The van der Waals surface area contributed by atoms with Crippen molar-refractivity contribution in [3.8, 4) is 11.5 Å². The molecule has 3 rings (SSSR count). The molecule has 2 N–H and O–H groups in total. The molecular formula is C20H29N3O4. The van der Waals surface area contributed by atoms with E-state index in [9.17, 15) is 9.59 Å². The number of ether oxygens (including phenoxy) is 2. The van der Waals surface area contributed by atoms with Crippen molar-refractivity contribution in [2.24, 2.45) is 0 Å². The predicted octanol–water partition coefficient (Wildman–Crippen LogP) is 3.15. The van der Waals surface area contributed by atoms with E-state index in [1.54, 1.807) is 23.1 Å². The molecule has 148 valence electrons. The quantitative estimate of drug-likeness (QED) is 0.828. The predicted molar refractivity (Wildman–Crippen MR) is 103 cm³/mol. The van der Waals surface area contributed by atoms with Crippen LogP contribution in [0.15, 0.2) is 18.2 Å². The molecule has 0 saturated heterocycles. The second-order valence-corrected chi connectivity index (χ2v) is 7.06. The van der Waals surface area contributed by atoms with Gasteiger partial charge in [0.15, 0.2) is 11.5 Å². The minimum atomic E-state index is -0.817. The smallest absolute Gasteiger partial charge is 0.320 e. The number of hydrogen-bond acceptors (Lipinski definition) is 4. The van der Waals surface area contributed by atoms with E-state index >= 15 is 0 Å². The van der Waals surface area contributed by atoms with Crippen LogP contribution in [-0.2, 0) is 4.79 Å². The van der Waals surface area contributed by atoms with Crippen LogP contribution < -0.4 is 20.1 Å². The van der Waals surface area contributed by atoms with E-state index in [2.05, 4.69) is 10.6 Å². The Labute approximate surface area is 160 Å². The lowest BCUT2D eigenvalue weighted by atomic mass is 9.80. The molecule has 0 spiro atoms. The van der Waals surface area contributed by atoms with Crippen molar-refractivity contribution in [1.82, 2.24) is 10.2 Å². The summed E-state index contributed by atoms with van der Waals surface area (Å²) in [5.41, 5.74) is -0.208. The third-order valence-corrected chi connectivity index (χ3v) is 5.32. The number of urea groups is 1. The monoisotopic (exact) mass is 375 g/mol. The van der Waals surface area contributed by atoms with Gasteiger partial charge in [-0.1, -0.05) is 19.3 Å². The first kappa shape index (κ1) is 19.3. The summed E-state index contributed by atoms with van der Waals surface area (Å²) in [4.78, 5) is 27.6. The van der Waals surface area contributed by atoms with E-state index in [4.69, 9.17) is 9.47 Å². The summed E-state index contributed by atoms with van der Waals surface area (Å²) in [5, 5.41) is 5.83. The van der Waals surface area contributed by atoms with Gasteiger partial charge >= 0.3 is 6.03 Å². The van der Waals surface area contributed by atoms with Gasteiger partial charge in [-0.05, 0) is 38.8 Å². The molecule has 0 atom stereocenters. The van der Waals surface area contributed by atoms with Crippen molar-refractivity contribution in [2.45, 2.75) is 51.5 Å². The Balaban J connectivity index is 1.72. The molecule has 27 heavy (non-hydrogen) atoms. The Bertz CT molecular complexity index is 682. The number of hydrogen-bond donors (Lipinski definition) is 2. The second-order valence-electron chi connectivity index (χ2n) is 7.06. The Morgan fingerprint density at radius 1 is 1.04 bits per heavy atom. The van der Waals surface area contributed by atoms with Crippen molar-refractivity contribution in [1.29, 1.82) is 0 Å². The molecule has 1 aliphatic carbocycles. The summed E-state index contributed by atoms with van der Waals surface area (Å²) in [6.07, 6.45) is 4.33. The van der Waals surface area contributed by atoms with Gasteiger partial charge in [-0.2, -0.15) is 0 Å². The Morgan fingerprint density at radius 2 is 1.70 bits per heavy atom. The topological polar surface area (TPSA) is 79.9 Å². The van der Waals surface area contributed by atoms with Crippen LogP contribution in [0.2, 0.25) is 0 Å². The van der Waals surface area contributed by atoms with Crippen molar-refractivity contribution in [2.75, 3.05) is 31.6 Å². The average Bonchev–Trinajstić information content (AvgIpc) is 2.69. The zero-order chi connectivity index (χ0) is 19.3. The molecule has 0 aromatic heterocycles.